The summed E-state index contributed by atoms with van der Waals surface area (Å²) in [5.74, 6) is 0.571. The van der Waals surface area contributed by atoms with Crippen LogP contribution in [-0.2, 0) is 11.3 Å². The fourth-order valence-electron chi connectivity index (χ4n) is 1.29. The molecule has 0 saturated heterocycles. The number of nitrogens with two attached hydrogens (primary N) is 1. The Labute approximate surface area is 105 Å². The fourth-order valence-corrected chi connectivity index (χ4v) is 1.94. The maximum absolute atomic E-state index is 11.6. The van der Waals surface area contributed by atoms with Crippen LogP contribution in [0.3, 0.4) is 0 Å². The summed E-state index contributed by atoms with van der Waals surface area (Å²) in [4.78, 5) is 13.2. The first-order chi connectivity index (χ1) is 7.54. The molecule has 1 amide bonds. The second-order valence-corrected chi connectivity index (χ2v) is 4.81. The number of thioether (sulfide) groups is 1. The van der Waals surface area contributed by atoms with Crippen molar-refractivity contribution in [1.82, 2.24) is 4.90 Å². The van der Waals surface area contributed by atoms with E-state index in [9.17, 15) is 4.79 Å². The van der Waals surface area contributed by atoms with Gasteiger partial charge in [-0.3, -0.25) is 4.79 Å². The molecule has 16 heavy (non-hydrogen) atoms. The van der Waals surface area contributed by atoms with Crippen molar-refractivity contribution in [1.29, 1.82) is 0 Å². The zero-order valence-electron chi connectivity index (χ0n) is 9.37. The Morgan fingerprint density at radius 2 is 2.25 bits per heavy atom. The second-order valence-electron chi connectivity index (χ2n) is 3.53. The Bertz CT molecular complexity index is 384. The van der Waals surface area contributed by atoms with Crippen LogP contribution in [-0.4, -0.2) is 29.9 Å². The molecule has 3 nitrogen and oxygen atoms in total. The van der Waals surface area contributed by atoms with Crippen molar-refractivity contribution in [3.63, 3.8) is 0 Å². The number of hydrogen-bond donors (Lipinski definition) is 1. The predicted octanol–water partition coefficient (Wildman–Crippen LogP) is 2.24. The molecule has 0 radical (unpaired) electrons. The van der Waals surface area contributed by atoms with Crippen molar-refractivity contribution in [2.24, 2.45) is 0 Å². The van der Waals surface area contributed by atoms with Crippen LogP contribution < -0.4 is 5.73 Å². The molecule has 1 aromatic carbocycles. The molecular formula is C11H15ClN2OS. The van der Waals surface area contributed by atoms with E-state index >= 15 is 0 Å². The monoisotopic (exact) mass is 258 g/mol. The van der Waals surface area contributed by atoms with Gasteiger partial charge in [-0.25, -0.2) is 0 Å². The van der Waals surface area contributed by atoms with Crippen LogP contribution in [0.25, 0.3) is 0 Å². The Hall–Kier alpha value is -0.870. The number of carbonyl (C=O) groups excluding carboxylic acids is 1. The summed E-state index contributed by atoms with van der Waals surface area (Å²) in [6, 6.07) is 5.29. The third-order valence-corrected chi connectivity index (χ3v) is 3.08. The van der Waals surface area contributed by atoms with Gasteiger partial charge in [0.15, 0.2) is 0 Å². The number of carbonyl (C=O) groups is 1. The van der Waals surface area contributed by atoms with E-state index in [1.165, 1.54) is 11.8 Å². The lowest BCUT2D eigenvalue weighted by Crippen LogP contribution is -2.27. The average Bonchev–Trinajstić information content (AvgIpc) is 2.23. The Balaban J connectivity index is 2.72. The number of nitrogen functional groups attached to an aromatic ring is 1. The standard InChI is InChI=1S/C11H15ClN2OS/c1-14(11(15)7-16-2)6-8-5-9(13)3-4-10(8)12/h3-5H,6-7,13H2,1-2H3. The molecule has 0 heterocycles. The van der Waals surface area contributed by atoms with Crippen molar-refractivity contribution >= 4 is 35.0 Å². The molecule has 0 saturated carbocycles. The molecule has 0 aliphatic carbocycles. The molecule has 1 rings (SSSR count). The van der Waals surface area contributed by atoms with Crippen LogP contribution in [0.15, 0.2) is 18.2 Å². The van der Waals surface area contributed by atoms with Crippen molar-refractivity contribution in [3.05, 3.63) is 28.8 Å². The number of amides is 1. The zero-order chi connectivity index (χ0) is 12.1. The summed E-state index contributed by atoms with van der Waals surface area (Å²) < 4.78 is 0. The van der Waals surface area contributed by atoms with Crippen LogP contribution in [0.1, 0.15) is 5.56 Å². The van der Waals surface area contributed by atoms with Gasteiger partial charge in [-0.1, -0.05) is 11.6 Å². The topological polar surface area (TPSA) is 46.3 Å². The molecule has 1 aromatic rings. The minimum Gasteiger partial charge on any atom is -0.399 e. The van der Waals surface area contributed by atoms with Crippen LogP contribution in [0, 0.1) is 0 Å². The summed E-state index contributed by atoms with van der Waals surface area (Å²) in [5.41, 5.74) is 7.20. The number of rotatable bonds is 4. The summed E-state index contributed by atoms with van der Waals surface area (Å²) in [5, 5.41) is 0.637. The van der Waals surface area contributed by atoms with Gasteiger partial charge in [-0.15, -0.1) is 0 Å². The lowest BCUT2D eigenvalue weighted by molar-refractivity contribution is -0.127. The van der Waals surface area contributed by atoms with Crippen LogP contribution in [0.5, 0.6) is 0 Å². The van der Waals surface area contributed by atoms with Crippen molar-refractivity contribution in [2.75, 3.05) is 24.8 Å². The fraction of sp³-hybridized carbons (Fsp3) is 0.364. The zero-order valence-corrected chi connectivity index (χ0v) is 10.9. The van der Waals surface area contributed by atoms with E-state index in [1.54, 1.807) is 30.1 Å². The van der Waals surface area contributed by atoms with E-state index in [0.29, 0.717) is 23.0 Å². The minimum absolute atomic E-state index is 0.0889. The SMILES string of the molecule is CSCC(=O)N(C)Cc1cc(N)ccc1Cl. The van der Waals surface area contributed by atoms with Crippen molar-refractivity contribution < 1.29 is 4.79 Å². The highest BCUT2D eigenvalue weighted by Crippen LogP contribution is 2.20. The maximum Gasteiger partial charge on any atom is 0.232 e. The Morgan fingerprint density at radius 3 is 2.88 bits per heavy atom. The summed E-state index contributed by atoms with van der Waals surface area (Å²) in [6.07, 6.45) is 1.90. The van der Waals surface area contributed by atoms with E-state index in [-0.39, 0.29) is 5.91 Å². The average molecular weight is 259 g/mol. The van der Waals surface area contributed by atoms with Gasteiger partial charge in [0.2, 0.25) is 5.91 Å². The van der Waals surface area contributed by atoms with Crippen molar-refractivity contribution in [3.8, 4) is 0 Å². The highest BCUT2D eigenvalue weighted by molar-refractivity contribution is 7.99. The molecule has 0 atom stereocenters. The Morgan fingerprint density at radius 1 is 1.56 bits per heavy atom. The molecular weight excluding hydrogens is 244 g/mol. The van der Waals surface area contributed by atoms with Gasteiger partial charge in [0.1, 0.15) is 0 Å². The van der Waals surface area contributed by atoms with Gasteiger partial charge in [0, 0.05) is 24.3 Å². The first-order valence-electron chi connectivity index (χ1n) is 4.81. The van der Waals surface area contributed by atoms with E-state index in [1.807, 2.05) is 6.26 Å². The molecule has 0 aliphatic heterocycles. The number of benzene rings is 1. The molecule has 2 N–H and O–H groups in total. The summed E-state index contributed by atoms with van der Waals surface area (Å²) in [6.45, 7) is 0.489. The first kappa shape index (κ1) is 13.2. The third kappa shape index (κ3) is 3.61. The van der Waals surface area contributed by atoms with E-state index in [4.69, 9.17) is 17.3 Å². The molecule has 0 spiro atoms. The normalized spacial score (nSPS) is 10.2. The Kier molecular flexibility index (Phi) is 4.96. The minimum atomic E-state index is 0.0889. The molecule has 0 aromatic heterocycles. The van der Waals surface area contributed by atoms with Crippen molar-refractivity contribution in [2.45, 2.75) is 6.54 Å². The van der Waals surface area contributed by atoms with E-state index in [2.05, 4.69) is 0 Å². The number of nitrogens with zero attached hydrogens (tertiary/aromatic N) is 1. The summed E-state index contributed by atoms with van der Waals surface area (Å²) >= 11 is 7.53. The van der Waals surface area contributed by atoms with Crippen LogP contribution >= 0.6 is 23.4 Å². The number of anilines is 1. The lowest BCUT2D eigenvalue weighted by atomic mass is 10.2. The largest absolute Gasteiger partial charge is 0.399 e. The number of hydrogen-bond acceptors (Lipinski definition) is 3. The molecule has 0 aliphatic rings. The molecule has 88 valence electrons. The van der Waals surface area contributed by atoms with E-state index < -0.39 is 0 Å². The van der Waals surface area contributed by atoms with Crippen LogP contribution in [0.2, 0.25) is 5.02 Å². The second kappa shape index (κ2) is 6.01. The number of halogens is 1. The molecule has 5 heteroatoms. The molecule has 0 unspecified atom stereocenters. The quantitative estimate of drug-likeness (QED) is 0.843. The van der Waals surface area contributed by atoms with Gasteiger partial charge in [-0.2, -0.15) is 11.8 Å². The maximum atomic E-state index is 11.6. The predicted molar refractivity (Wildman–Crippen MR) is 70.7 cm³/mol. The highest BCUT2D eigenvalue weighted by Gasteiger charge is 2.10. The van der Waals surface area contributed by atoms with Gasteiger partial charge >= 0.3 is 0 Å². The molecule has 0 fully saturated rings. The first-order valence-corrected chi connectivity index (χ1v) is 6.58. The van der Waals surface area contributed by atoms with Gasteiger partial charge < -0.3 is 10.6 Å². The van der Waals surface area contributed by atoms with Crippen LogP contribution in [0.4, 0.5) is 5.69 Å². The van der Waals surface area contributed by atoms with Gasteiger partial charge in [0.25, 0.3) is 0 Å². The highest BCUT2D eigenvalue weighted by atomic mass is 35.5. The van der Waals surface area contributed by atoms with Gasteiger partial charge in [-0.05, 0) is 30.0 Å². The van der Waals surface area contributed by atoms with E-state index in [0.717, 1.165) is 5.56 Å². The molecule has 0 bridgehead atoms. The smallest absolute Gasteiger partial charge is 0.232 e. The summed E-state index contributed by atoms with van der Waals surface area (Å²) in [7, 11) is 1.76. The van der Waals surface area contributed by atoms with Gasteiger partial charge in [0.05, 0.1) is 5.75 Å². The lowest BCUT2D eigenvalue weighted by Gasteiger charge is -2.17. The third-order valence-electron chi connectivity index (χ3n) is 2.17.